The molecule has 0 aliphatic heterocycles. The molecule has 1 heterocycles. The fraction of sp³-hybridized carbons (Fsp3) is 0.304. The summed E-state index contributed by atoms with van der Waals surface area (Å²) in [6, 6.07) is 10.9. The first-order valence-corrected chi connectivity index (χ1v) is 10.2. The molecule has 0 radical (unpaired) electrons. The molecule has 3 aromatic rings. The number of rotatable bonds is 9. The van der Waals surface area contributed by atoms with Crippen LogP contribution in [0.3, 0.4) is 0 Å². The summed E-state index contributed by atoms with van der Waals surface area (Å²) in [5.41, 5.74) is 8.27. The highest BCUT2D eigenvalue weighted by Gasteiger charge is 2.26. The van der Waals surface area contributed by atoms with Gasteiger partial charge in [0.25, 0.3) is 11.8 Å². The van der Waals surface area contributed by atoms with Gasteiger partial charge in [0.2, 0.25) is 5.76 Å². The van der Waals surface area contributed by atoms with Crippen LogP contribution in [0.15, 0.2) is 53.1 Å². The van der Waals surface area contributed by atoms with E-state index in [1.54, 1.807) is 0 Å². The maximum absolute atomic E-state index is 13.5. The zero-order valence-corrected chi connectivity index (χ0v) is 17.5. The van der Waals surface area contributed by atoms with Crippen molar-refractivity contribution >= 4 is 5.91 Å². The van der Waals surface area contributed by atoms with Crippen molar-refractivity contribution < 1.29 is 28.3 Å². The lowest BCUT2D eigenvalue weighted by Crippen LogP contribution is -2.46. The minimum atomic E-state index is -1.20. The number of amides is 1. The fourth-order valence-corrected chi connectivity index (χ4v) is 3.41. The lowest BCUT2D eigenvalue weighted by molar-refractivity contribution is 0.0519. The fourth-order valence-electron chi connectivity index (χ4n) is 3.41. The van der Waals surface area contributed by atoms with Gasteiger partial charge < -0.3 is 25.4 Å². The Balaban J connectivity index is 1.77. The largest absolute Gasteiger partial charge is 0.491 e. The van der Waals surface area contributed by atoms with Crippen molar-refractivity contribution in [2.75, 3.05) is 6.54 Å². The Morgan fingerprint density at radius 2 is 1.81 bits per heavy atom. The number of aryl methyl sites for hydroxylation is 1. The smallest absolute Gasteiger partial charge is 0.293 e. The second kappa shape index (κ2) is 10.3. The van der Waals surface area contributed by atoms with Gasteiger partial charge >= 0.3 is 0 Å². The third-order valence-corrected chi connectivity index (χ3v) is 5.06. The number of halogens is 2. The van der Waals surface area contributed by atoms with Crippen molar-refractivity contribution in [2.24, 2.45) is 5.73 Å². The van der Waals surface area contributed by atoms with Gasteiger partial charge in [-0.3, -0.25) is 4.79 Å². The molecular formula is C23H25F2N3O4. The second-order valence-corrected chi connectivity index (χ2v) is 7.62. The molecule has 170 valence electrons. The molecule has 4 N–H and O–H groups in total. The maximum Gasteiger partial charge on any atom is 0.293 e. The predicted octanol–water partition coefficient (Wildman–Crippen LogP) is 2.79. The van der Waals surface area contributed by atoms with Crippen molar-refractivity contribution in [2.45, 2.75) is 38.5 Å². The van der Waals surface area contributed by atoms with Gasteiger partial charge in [-0.15, -0.1) is 0 Å². The van der Waals surface area contributed by atoms with Crippen molar-refractivity contribution in [1.82, 2.24) is 10.1 Å². The van der Waals surface area contributed by atoms with E-state index in [9.17, 15) is 23.8 Å². The average molecular weight is 445 g/mol. The summed E-state index contributed by atoms with van der Waals surface area (Å²) < 4.78 is 31.8. The van der Waals surface area contributed by atoms with E-state index < -0.39 is 35.6 Å². The number of carbonyl (C=O) groups is 1. The molecule has 1 amide bonds. The molecular weight excluding hydrogens is 420 g/mol. The van der Waals surface area contributed by atoms with Crippen LogP contribution in [0.4, 0.5) is 8.78 Å². The van der Waals surface area contributed by atoms with E-state index in [1.165, 1.54) is 4.90 Å². The van der Waals surface area contributed by atoms with Gasteiger partial charge in [0.15, 0.2) is 0 Å². The molecule has 0 bridgehead atoms. The molecule has 32 heavy (non-hydrogen) atoms. The first kappa shape index (κ1) is 23.4. The zero-order valence-electron chi connectivity index (χ0n) is 17.5. The standard InChI is InChI=1S/C23H25F2N3O4/c1-2-14-4-3-5-15(6-14)12-28(23(31)21-11-22(30)27-32-21)13-20(29)19(26)9-16-7-17(24)10-18(25)8-16/h3-8,10-11,19-20,29H,2,9,12-13,26H2,1H3,(H,27,30)/t19-,20+/m0/s1. The van der Waals surface area contributed by atoms with Gasteiger partial charge in [0, 0.05) is 25.2 Å². The first-order chi connectivity index (χ1) is 15.2. The Hall–Kier alpha value is -3.30. The van der Waals surface area contributed by atoms with E-state index in [-0.39, 0.29) is 25.3 Å². The molecule has 1 aromatic heterocycles. The van der Waals surface area contributed by atoms with Crippen LogP contribution in [0.5, 0.6) is 5.88 Å². The summed E-state index contributed by atoms with van der Waals surface area (Å²) in [7, 11) is 0. The normalized spacial score (nSPS) is 13.0. The third-order valence-electron chi connectivity index (χ3n) is 5.06. The molecule has 9 heteroatoms. The van der Waals surface area contributed by atoms with Gasteiger partial charge in [0.05, 0.1) is 12.2 Å². The highest BCUT2D eigenvalue weighted by Crippen LogP contribution is 2.17. The summed E-state index contributed by atoms with van der Waals surface area (Å²) in [6.07, 6.45) is -0.377. The quantitative estimate of drug-likeness (QED) is 0.467. The van der Waals surface area contributed by atoms with Crippen LogP contribution in [0, 0.1) is 11.6 Å². The Morgan fingerprint density at radius 3 is 2.44 bits per heavy atom. The van der Waals surface area contributed by atoms with Gasteiger partial charge in [0.1, 0.15) is 11.6 Å². The Kier molecular flexibility index (Phi) is 7.55. The molecule has 3 rings (SSSR count). The number of aromatic hydroxyl groups is 1. The van der Waals surface area contributed by atoms with Gasteiger partial charge in [-0.05, 0) is 46.8 Å². The van der Waals surface area contributed by atoms with Crippen molar-refractivity contribution in [3.8, 4) is 5.88 Å². The summed E-state index contributed by atoms with van der Waals surface area (Å²) in [5.74, 6) is -2.70. The lowest BCUT2D eigenvalue weighted by atomic mass is 10.0. The number of nitrogens with two attached hydrogens (primary N) is 1. The molecule has 0 fully saturated rings. The van der Waals surface area contributed by atoms with Gasteiger partial charge in [-0.1, -0.05) is 31.2 Å². The van der Waals surface area contributed by atoms with Gasteiger partial charge in [-0.25, -0.2) is 8.78 Å². The van der Waals surface area contributed by atoms with Crippen LogP contribution in [-0.2, 0) is 19.4 Å². The summed E-state index contributed by atoms with van der Waals surface area (Å²) >= 11 is 0. The molecule has 7 nitrogen and oxygen atoms in total. The highest BCUT2D eigenvalue weighted by molar-refractivity contribution is 5.91. The monoisotopic (exact) mass is 445 g/mol. The molecule has 0 aliphatic carbocycles. The summed E-state index contributed by atoms with van der Waals surface area (Å²) in [4.78, 5) is 14.3. The number of nitrogens with zero attached hydrogens (tertiary/aromatic N) is 2. The Morgan fingerprint density at radius 1 is 1.12 bits per heavy atom. The minimum absolute atomic E-state index is 0.00624. The maximum atomic E-state index is 13.5. The van der Waals surface area contributed by atoms with Crippen LogP contribution in [0.1, 0.15) is 34.2 Å². The first-order valence-electron chi connectivity index (χ1n) is 10.2. The topological polar surface area (TPSA) is 113 Å². The van der Waals surface area contributed by atoms with E-state index in [0.717, 1.165) is 41.8 Å². The van der Waals surface area contributed by atoms with Crippen molar-refractivity contribution in [3.63, 3.8) is 0 Å². The number of hydrogen-bond donors (Lipinski definition) is 3. The molecule has 0 unspecified atom stereocenters. The van der Waals surface area contributed by atoms with Crippen LogP contribution in [0.25, 0.3) is 0 Å². The van der Waals surface area contributed by atoms with E-state index in [0.29, 0.717) is 5.56 Å². The van der Waals surface area contributed by atoms with Crippen molar-refractivity contribution in [3.05, 3.63) is 82.6 Å². The minimum Gasteiger partial charge on any atom is -0.491 e. The van der Waals surface area contributed by atoms with E-state index >= 15 is 0 Å². The number of hydrogen-bond acceptors (Lipinski definition) is 6. The molecule has 2 atom stereocenters. The molecule has 0 aliphatic rings. The number of aliphatic hydroxyl groups excluding tert-OH is 1. The van der Waals surface area contributed by atoms with Crippen molar-refractivity contribution in [1.29, 1.82) is 0 Å². The van der Waals surface area contributed by atoms with E-state index in [2.05, 4.69) is 5.16 Å². The molecule has 0 saturated carbocycles. The van der Waals surface area contributed by atoms with E-state index in [1.807, 2.05) is 31.2 Å². The number of benzene rings is 2. The molecule has 0 saturated heterocycles. The summed E-state index contributed by atoms with van der Waals surface area (Å²) in [5, 5.41) is 23.4. The van der Waals surface area contributed by atoms with E-state index in [4.69, 9.17) is 10.3 Å². The van der Waals surface area contributed by atoms with Crippen LogP contribution < -0.4 is 5.73 Å². The number of carbonyl (C=O) groups excluding carboxylic acids is 1. The predicted molar refractivity (Wildman–Crippen MR) is 113 cm³/mol. The second-order valence-electron chi connectivity index (χ2n) is 7.62. The number of aromatic nitrogens is 1. The Labute approximate surface area is 184 Å². The third kappa shape index (κ3) is 6.12. The van der Waals surface area contributed by atoms with Crippen LogP contribution in [-0.4, -0.2) is 44.9 Å². The van der Waals surface area contributed by atoms with Crippen LogP contribution >= 0.6 is 0 Å². The number of aliphatic hydroxyl groups is 1. The summed E-state index contributed by atoms with van der Waals surface area (Å²) in [6.45, 7) is 1.99. The lowest BCUT2D eigenvalue weighted by Gasteiger charge is -2.27. The zero-order chi connectivity index (χ0) is 23.3. The Bertz CT molecular complexity index is 1050. The molecule has 0 spiro atoms. The highest BCUT2D eigenvalue weighted by atomic mass is 19.1. The van der Waals surface area contributed by atoms with Crippen LogP contribution in [0.2, 0.25) is 0 Å². The van der Waals surface area contributed by atoms with Gasteiger partial charge in [-0.2, -0.15) is 0 Å². The average Bonchev–Trinajstić information content (AvgIpc) is 3.18. The SMILES string of the molecule is CCc1cccc(CN(C[C@@H](O)[C@@H](N)Cc2cc(F)cc(F)c2)C(=O)c2cc(O)no2)c1. The molecule has 2 aromatic carbocycles.